The molecule has 1 amide bonds. The number of nitrogens with one attached hydrogen (secondary N) is 2. The number of rotatable bonds is 6. The summed E-state index contributed by atoms with van der Waals surface area (Å²) in [5.41, 5.74) is 1.36. The predicted molar refractivity (Wildman–Crippen MR) is 90.8 cm³/mol. The molecule has 0 spiro atoms. The number of carbonyl (C=O) groups excluding carboxylic acids is 1. The van der Waals surface area contributed by atoms with E-state index in [1.165, 1.54) is 16.5 Å². The average Bonchev–Trinajstić information content (AvgIpc) is 2.91. The van der Waals surface area contributed by atoms with Crippen molar-refractivity contribution in [2.24, 2.45) is 0 Å². The Morgan fingerprint density at radius 3 is 2.70 bits per heavy atom. The second-order valence-electron chi connectivity index (χ2n) is 5.54. The third-order valence-electron chi connectivity index (χ3n) is 3.90. The zero-order valence-corrected chi connectivity index (χ0v) is 14.1. The number of nitro benzene ring substituents is 1. The number of nitrogens with zero attached hydrogens (tertiary/aromatic N) is 1. The van der Waals surface area contributed by atoms with Crippen LogP contribution in [-0.2, 0) is 11.3 Å². The van der Waals surface area contributed by atoms with Crippen LogP contribution >= 0.6 is 11.3 Å². The van der Waals surface area contributed by atoms with Gasteiger partial charge in [-0.3, -0.25) is 14.9 Å². The number of benzene rings is 1. The summed E-state index contributed by atoms with van der Waals surface area (Å²) in [4.78, 5) is 25.2. The number of anilines is 1. The number of thiophene rings is 1. The molecule has 6 nitrogen and oxygen atoms in total. The highest BCUT2D eigenvalue weighted by molar-refractivity contribution is 7.10. The minimum absolute atomic E-state index is 0.0974. The number of carbonyl (C=O) groups is 1. The number of amides is 1. The van der Waals surface area contributed by atoms with Gasteiger partial charge >= 0.3 is 0 Å². The Morgan fingerprint density at radius 2 is 2.09 bits per heavy atom. The molecule has 1 unspecified atom stereocenters. The van der Waals surface area contributed by atoms with Crippen molar-refractivity contribution in [2.75, 3.05) is 12.4 Å². The summed E-state index contributed by atoms with van der Waals surface area (Å²) < 4.78 is 0. The SMILES string of the molecule is Cc1ccsc1C[NH+](C)[C@H](C)C(=O)Nc1ccccc1[N+](=O)[O-]. The molecule has 1 heterocycles. The van der Waals surface area contributed by atoms with Gasteiger partial charge in [0, 0.05) is 6.07 Å². The van der Waals surface area contributed by atoms with Gasteiger partial charge in [0.15, 0.2) is 6.04 Å². The van der Waals surface area contributed by atoms with Crippen LogP contribution in [0.15, 0.2) is 35.7 Å². The second-order valence-corrected chi connectivity index (χ2v) is 6.54. The standard InChI is InChI=1S/C16H19N3O3S/c1-11-8-9-23-15(11)10-18(3)12(2)16(20)17-13-6-4-5-7-14(13)19(21)22/h4-9,12H,10H2,1-3H3,(H,17,20)/p+1/t12-/m1/s1. The molecule has 0 saturated heterocycles. The highest BCUT2D eigenvalue weighted by Crippen LogP contribution is 2.23. The van der Waals surface area contributed by atoms with Gasteiger partial charge in [0.2, 0.25) is 0 Å². The monoisotopic (exact) mass is 334 g/mol. The summed E-state index contributed by atoms with van der Waals surface area (Å²) in [6.07, 6.45) is 0. The van der Waals surface area contributed by atoms with Crippen molar-refractivity contribution < 1.29 is 14.6 Å². The Bertz CT molecular complexity index is 714. The van der Waals surface area contributed by atoms with Crippen molar-refractivity contribution in [1.82, 2.24) is 0 Å². The average molecular weight is 334 g/mol. The van der Waals surface area contributed by atoms with Gasteiger partial charge in [-0.05, 0) is 36.9 Å². The van der Waals surface area contributed by atoms with Crippen molar-refractivity contribution in [3.8, 4) is 0 Å². The van der Waals surface area contributed by atoms with Crippen LogP contribution in [0, 0.1) is 17.0 Å². The van der Waals surface area contributed by atoms with Crippen LogP contribution in [0.3, 0.4) is 0 Å². The van der Waals surface area contributed by atoms with Crippen LogP contribution in [-0.4, -0.2) is 23.9 Å². The number of hydrogen-bond donors (Lipinski definition) is 2. The molecule has 122 valence electrons. The maximum atomic E-state index is 12.4. The van der Waals surface area contributed by atoms with Crippen LogP contribution in [0.25, 0.3) is 0 Å². The van der Waals surface area contributed by atoms with E-state index in [4.69, 9.17) is 0 Å². The molecular weight excluding hydrogens is 314 g/mol. The van der Waals surface area contributed by atoms with Gasteiger partial charge in [-0.25, -0.2) is 0 Å². The molecule has 2 atom stereocenters. The van der Waals surface area contributed by atoms with Crippen LogP contribution in [0.1, 0.15) is 17.4 Å². The molecule has 1 aromatic heterocycles. The fraction of sp³-hybridized carbons (Fsp3) is 0.312. The lowest BCUT2D eigenvalue weighted by Crippen LogP contribution is -3.12. The van der Waals surface area contributed by atoms with Gasteiger partial charge in [-0.1, -0.05) is 12.1 Å². The van der Waals surface area contributed by atoms with Crippen LogP contribution in [0.5, 0.6) is 0 Å². The van der Waals surface area contributed by atoms with Gasteiger partial charge in [0.1, 0.15) is 12.2 Å². The molecule has 0 fully saturated rings. The molecule has 0 aliphatic rings. The molecule has 1 aromatic carbocycles. The molecule has 0 aliphatic heterocycles. The van der Waals surface area contributed by atoms with Crippen LogP contribution in [0.2, 0.25) is 0 Å². The molecule has 0 bridgehead atoms. The van der Waals surface area contributed by atoms with Crippen molar-refractivity contribution >= 4 is 28.6 Å². The Kier molecular flexibility index (Phi) is 5.46. The Morgan fingerprint density at radius 1 is 1.39 bits per heavy atom. The summed E-state index contributed by atoms with van der Waals surface area (Å²) in [5, 5.41) is 15.7. The summed E-state index contributed by atoms with van der Waals surface area (Å²) in [6, 6.07) is 7.91. The third kappa shape index (κ3) is 4.14. The van der Waals surface area contributed by atoms with E-state index in [1.807, 2.05) is 19.4 Å². The first-order chi connectivity index (χ1) is 10.9. The van der Waals surface area contributed by atoms with E-state index < -0.39 is 4.92 Å². The lowest BCUT2D eigenvalue weighted by atomic mass is 10.2. The fourth-order valence-electron chi connectivity index (χ4n) is 2.19. The van der Waals surface area contributed by atoms with Gasteiger partial charge in [-0.2, -0.15) is 0 Å². The normalized spacial score (nSPS) is 13.3. The van der Waals surface area contributed by atoms with E-state index >= 15 is 0 Å². The molecule has 23 heavy (non-hydrogen) atoms. The first kappa shape index (κ1) is 17.1. The Hall–Kier alpha value is -2.25. The zero-order valence-electron chi connectivity index (χ0n) is 13.3. The van der Waals surface area contributed by atoms with Crippen molar-refractivity contribution in [3.05, 3.63) is 56.3 Å². The van der Waals surface area contributed by atoms with E-state index in [0.29, 0.717) is 0 Å². The van der Waals surface area contributed by atoms with E-state index in [-0.39, 0.29) is 23.3 Å². The molecule has 7 heteroatoms. The maximum Gasteiger partial charge on any atom is 0.292 e. The van der Waals surface area contributed by atoms with E-state index in [9.17, 15) is 14.9 Å². The predicted octanol–water partition coefficient (Wildman–Crippen LogP) is 2.01. The summed E-state index contributed by atoms with van der Waals surface area (Å²) in [7, 11) is 1.95. The fourth-order valence-corrected chi connectivity index (χ4v) is 3.20. The molecule has 0 saturated carbocycles. The van der Waals surface area contributed by atoms with Gasteiger partial charge in [0.25, 0.3) is 11.6 Å². The highest BCUT2D eigenvalue weighted by atomic mass is 32.1. The van der Waals surface area contributed by atoms with Gasteiger partial charge in [-0.15, -0.1) is 11.3 Å². The van der Waals surface area contributed by atoms with Gasteiger partial charge in [0.05, 0.1) is 16.8 Å². The third-order valence-corrected chi connectivity index (χ3v) is 4.92. The van der Waals surface area contributed by atoms with Crippen LogP contribution < -0.4 is 10.2 Å². The minimum Gasteiger partial charge on any atom is -0.323 e. The van der Waals surface area contributed by atoms with Crippen molar-refractivity contribution in [2.45, 2.75) is 26.4 Å². The molecule has 0 aliphatic carbocycles. The minimum atomic E-state index is -0.494. The molecule has 2 N–H and O–H groups in total. The first-order valence-corrected chi connectivity index (χ1v) is 8.17. The Balaban J connectivity index is 2.05. The lowest BCUT2D eigenvalue weighted by Gasteiger charge is -2.20. The largest absolute Gasteiger partial charge is 0.323 e. The maximum absolute atomic E-state index is 12.4. The quantitative estimate of drug-likeness (QED) is 0.627. The highest BCUT2D eigenvalue weighted by Gasteiger charge is 2.25. The number of aryl methyl sites for hydroxylation is 1. The molecule has 0 radical (unpaired) electrons. The smallest absolute Gasteiger partial charge is 0.292 e. The van der Waals surface area contributed by atoms with Gasteiger partial charge < -0.3 is 10.2 Å². The van der Waals surface area contributed by atoms with E-state index in [0.717, 1.165) is 11.4 Å². The van der Waals surface area contributed by atoms with E-state index in [2.05, 4.69) is 18.3 Å². The number of hydrogen-bond acceptors (Lipinski definition) is 4. The zero-order chi connectivity index (χ0) is 17.0. The van der Waals surface area contributed by atoms with Crippen molar-refractivity contribution in [3.63, 3.8) is 0 Å². The lowest BCUT2D eigenvalue weighted by molar-refractivity contribution is -0.907. The second kappa shape index (κ2) is 7.34. The number of likely N-dealkylation sites (N-methyl/N-ethyl adjacent to an activating group) is 1. The van der Waals surface area contributed by atoms with Crippen LogP contribution in [0.4, 0.5) is 11.4 Å². The Labute approximate surface area is 138 Å². The summed E-state index contributed by atoms with van der Waals surface area (Å²) in [5.74, 6) is -0.231. The van der Waals surface area contributed by atoms with E-state index in [1.54, 1.807) is 29.5 Å². The molecular formula is C16H20N3O3S+. The number of nitro groups is 1. The summed E-state index contributed by atoms with van der Waals surface area (Å²) >= 11 is 1.68. The first-order valence-electron chi connectivity index (χ1n) is 7.29. The topological polar surface area (TPSA) is 76.7 Å². The summed E-state index contributed by atoms with van der Waals surface area (Å²) in [6.45, 7) is 4.62. The molecule has 2 rings (SSSR count). The number of para-hydroxylation sites is 2. The number of quaternary nitrogens is 1. The molecule has 2 aromatic rings. The van der Waals surface area contributed by atoms with Crippen molar-refractivity contribution in [1.29, 1.82) is 0 Å².